The molecular formula is C33H28F6N2O5S2. The molecular weight excluding hydrogens is 682 g/mol. The molecule has 0 radical (unpaired) electrons. The number of ether oxygens (including phenoxy) is 2. The monoisotopic (exact) mass is 710 g/mol. The topological polar surface area (TPSA) is 79.3 Å². The third kappa shape index (κ3) is 8.75. The number of hydrogen-bond acceptors (Lipinski definition) is 7. The zero-order valence-electron chi connectivity index (χ0n) is 25.1. The van der Waals surface area contributed by atoms with Gasteiger partial charge in [-0.2, -0.15) is 26.3 Å². The lowest BCUT2D eigenvalue weighted by molar-refractivity contribution is -0.143. The summed E-state index contributed by atoms with van der Waals surface area (Å²) in [5.41, 5.74) is -1.77. The predicted molar refractivity (Wildman–Crippen MR) is 171 cm³/mol. The first-order valence-electron chi connectivity index (χ1n) is 14.6. The Bertz CT molecular complexity index is 1710. The minimum absolute atomic E-state index is 0.0726. The van der Waals surface area contributed by atoms with Crippen LogP contribution in [0, 0.1) is 0 Å². The maximum absolute atomic E-state index is 13.4. The highest BCUT2D eigenvalue weighted by atomic mass is 32.2. The second-order valence-corrected chi connectivity index (χ2v) is 12.6. The van der Waals surface area contributed by atoms with Crippen LogP contribution in [0.4, 0.5) is 26.3 Å². The number of amides is 1. The SMILES string of the molecule is O=C(O)c1ccc(OCCCN2C(=O)C(=Cc3cccc(-c4cc(C(F)(F)F)cc(C(F)(F)F)c4)c3)SC2=S)c(CN2CCOCC2)c1. The van der Waals surface area contributed by atoms with Gasteiger partial charge in [0.05, 0.1) is 41.4 Å². The van der Waals surface area contributed by atoms with E-state index in [0.29, 0.717) is 68.3 Å². The minimum Gasteiger partial charge on any atom is -0.493 e. The number of morpholine rings is 1. The van der Waals surface area contributed by atoms with E-state index in [0.717, 1.165) is 11.8 Å². The van der Waals surface area contributed by atoms with Crippen molar-refractivity contribution in [2.75, 3.05) is 39.5 Å². The molecule has 2 aliphatic rings. The summed E-state index contributed by atoms with van der Waals surface area (Å²) in [6.07, 6.45) is -8.09. The highest BCUT2D eigenvalue weighted by molar-refractivity contribution is 8.26. The lowest BCUT2D eigenvalue weighted by atomic mass is 9.97. The summed E-state index contributed by atoms with van der Waals surface area (Å²) in [5, 5.41) is 9.44. The molecule has 2 fully saturated rings. The van der Waals surface area contributed by atoms with E-state index in [-0.39, 0.29) is 45.1 Å². The number of thioether (sulfide) groups is 1. The first kappa shape index (κ1) is 35.4. The Balaban J connectivity index is 1.25. The summed E-state index contributed by atoms with van der Waals surface area (Å²) in [6.45, 7) is 3.47. The number of hydrogen-bond donors (Lipinski definition) is 1. The Hall–Kier alpha value is -3.92. The molecule has 3 aromatic rings. The number of benzene rings is 3. The van der Waals surface area contributed by atoms with Crippen LogP contribution >= 0.6 is 24.0 Å². The summed E-state index contributed by atoms with van der Waals surface area (Å²) in [6, 6.07) is 11.9. The summed E-state index contributed by atoms with van der Waals surface area (Å²) in [7, 11) is 0. The standard InChI is InChI=1S/C33H28F6N2O5S2/c34-32(35,36)25-16-23(17-26(18-25)33(37,38)39)21-4-1-3-20(13-21)14-28-29(42)41(31(47)48-28)7-2-10-46-27-6-5-22(30(43)44)15-24(27)19-40-8-11-45-12-9-40/h1,3-6,13-18H,2,7-12,19H2,(H,43,44). The van der Waals surface area contributed by atoms with Gasteiger partial charge in [0.15, 0.2) is 0 Å². The van der Waals surface area contributed by atoms with Crippen LogP contribution < -0.4 is 4.74 Å². The van der Waals surface area contributed by atoms with Crippen molar-refractivity contribution in [1.29, 1.82) is 0 Å². The summed E-state index contributed by atoms with van der Waals surface area (Å²) >= 11 is 6.44. The van der Waals surface area contributed by atoms with E-state index >= 15 is 0 Å². The maximum atomic E-state index is 13.4. The second kappa shape index (κ2) is 14.7. The molecule has 3 aromatic carbocycles. The van der Waals surface area contributed by atoms with Crippen molar-refractivity contribution >= 4 is 46.3 Å². The number of nitrogens with zero attached hydrogens (tertiary/aromatic N) is 2. The highest BCUT2D eigenvalue weighted by Gasteiger charge is 2.37. The van der Waals surface area contributed by atoms with Crippen LogP contribution in [-0.4, -0.2) is 70.6 Å². The quantitative estimate of drug-likeness (QED) is 0.0999. The molecule has 48 heavy (non-hydrogen) atoms. The molecule has 2 aliphatic heterocycles. The number of thiocarbonyl (C=S) groups is 1. The van der Waals surface area contributed by atoms with Crippen LogP contribution in [-0.2, 0) is 28.4 Å². The Morgan fingerprint density at radius 3 is 2.29 bits per heavy atom. The minimum atomic E-state index is -4.98. The van der Waals surface area contributed by atoms with E-state index in [4.69, 9.17) is 21.7 Å². The molecule has 0 aromatic heterocycles. The average Bonchev–Trinajstić information content (AvgIpc) is 3.30. The van der Waals surface area contributed by atoms with Gasteiger partial charge in [0.25, 0.3) is 5.91 Å². The van der Waals surface area contributed by atoms with Gasteiger partial charge in [0.2, 0.25) is 0 Å². The van der Waals surface area contributed by atoms with E-state index in [2.05, 4.69) is 4.90 Å². The molecule has 2 saturated heterocycles. The van der Waals surface area contributed by atoms with E-state index in [1.165, 1.54) is 35.2 Å². The van der Waals surface area contributed by atoms with Crippen molar-refractivity contribution in [3.8, 4) is 16.9 Å². The van der Waals surface area contributed by atoms with Crippen LogP contribution in [0.3, 0.4) is 0 Å². The van der Waals surface area contributed by atoms with E-state index in [9.17, 15) is 41.0 Å². The average molecular weight is 711 g/mol. The molecule has 0 saturated carbocycles. The van der Waals surface area contributed by atoms with Gasteiger partial charge in [0, 0.05) is 31.7 Å². The normalized spacial score (nSPS) is 17.0. The molecule has 0 bridgehead atoms. The second-order valence-electron chi connectivity index (χ2n) is 11.0. The molecule has 15 heteroatoms. The molecule has 1 amide bonds. The van der Waals surface area contributed by atoms with Crippen LogP contribution in [0.15, 0.2) is 65.6 Å². The number of halogens is 6. The molecule has 0 atom stereocenters. The zero-order valence-corrected chi connectivity index (χ0v) is 26.7. The predicted octanol–water partition coefficient (Wildman–Crippen LogP) is 7.59. The van der Waals surface area contributed by atoms with Gasteiger partial charge >= 0.3 is 18.3 Å². The summed E-state index contributed by atoms with van der Waals surface area (Å²) < 4.78 is 92.0. The van der Waals surface area contributed by atoms with E-state index in [1.54, 1.807) is 18.2 Å². The number of carboxylic acid groups (broad SMARTS) is 1. The van der Waals surface area contributed by atoms with Crippen molar-refractivity contribution < 1.29 is 50.5 Å². The number of carbonyl (C=O) groups is 2. The smallest absolute Gasteiger partial charge is 0.416 e. The van der Waals surface area contributed by atoms with Crippen molar-refractivity contribution in [3.63, 3.8) is 0 Å². The van der Waals surface area contributed by atoms with Gasteiger partial charge in [0.1, 0.15) is 10.1 Å². The Kier molecular flexibility index (Phi) is 10.8. The van der Waals surface area contributed by atoms with Crippen LogP contribution in [0.25, 0.3) is 17.2 Å². The first-order chi connectivity index (χ1) is 22.7. The van der Waals surface area contributed by atoms with Gasteiger partial charge in [-0.1, -0.05) is 42.2 Å². The fourth-order valence-electron chi connectivity index (χ4n) is 5.16. The zero-order chi connectivity index (χ0) is 34.6. The molecule has 2 heterocycles. The largest absolute Gasteiger partial charge is 0.493 e. The lowest BCUT2D eigenvalue weighted by Gasteiger charge is -2.27. The Morgan fingerprint density at radius 1 is 0.958 bits per heavy atom. The fraction of sp³-hybridized carbons (Fsp3) is 0.303. The number of rotatable bonds is 10. The van der Waals surface area contributed by atoms with Crippen molar-refractivity contribution in [1.82, 2.24) is 9.80 Å². The molecule has 0 aliphatic carbocycles. The number of aromatic carboxylic acids is 1. The fourth-order valence-corrected chi connectivity index (χ4v) is 6.46. The molecule has 254 valence electrons. The molecule has 7 nitrogen and oxygen atoms in total. The Morgan fingerprint density at radius 2 is 1.65 bits per heavy atom. The van der Waals surface area contributed by atoms with Crippen molar-refractivity contribution in [2.45, 2.75) is 25.3 Å². The lowest BCUT2D eigenvalue weighted by Crippen LogP contribution is -2.35. The van der Waals surface area contributed by atoms with Crippen LogP contribution in [0.1, 0.15) is 39.0 Å². The summed E-state index contributed by atoms with van der Waals surface area (Å²) in [5.74, 6) is -0.919. The van der Waals surface area contributed by atoms with Crippen LogP contribution in [0.5, 0.6) is 5.75 Å². The van der Waals surface area contributed by atoms with Crippen molar-refractivity contribution in [2.24, 2.45) is 0 Å². The van der Waals surface area contributed by atoms with Crippen molar-refractivity contribution in [3.05, 3.63) is 93.4 Å². The van der Waals surface area contributed by atoms with Gasteiger partial charge in [-0.25, -0.2) is 4.79 Å². The summed E-state index contributed by atoms with van der Waals surface area (Å²) in [4.78, 5) is 28.5. The third-order valence-electron chi connectivity index (χ3n) is 7.57. The number of alkyl halides is 6. The van der Waals surface area contributed by atoms with Gasteiger partial charge in [-0.15, -0.1) is 0 Å². The van der Waals surface area contributed by atoms with E-state index in [1.807, 2.05) is 0 Å². The molecule has 1 N–H and O–H groups in total. The highest BCUT2D eigenvalue weighted by Crippen LogP contribution is 2.39. The Labute approximate surface area is 281 Å². The first-order valence-corrected chi connectivity index (χ1v) is 15.9. The number of carbonyl (C=O) groups excluding carboxylic acids is 1. The molecule has 5 rings (SSSR count). The third-order valence-corrected chi connectivity index (χ3v) is 8.95. The maximum Gasteiger partial charge on any atom is 0.416 e. The van der Waals surface area contributed by atoms with E-state index < -0.39 is 35.4 Å². The number of carboxylic acids is 1. The van der Waals surface area contributed by atoms with Gasteiger partial charge in [-0.05, 0) is 71.7 Å². The van der Waals surface area contributed by atoms with Crippen LogP contribution in [0.2, 0.25) is 0 Å². The van der Waals surface area contributed by atoms with Gasteiger partial charge in [-0.3, -0.25) is 14.6 Å². The molecule has 0 spiro atoms. The molecule has 0 unspecified atom stereocenters. The van der Waals surface area contributed by atoms with Gasteiger partial charge < -0.3 is 14.6 Å².